The van der Waals surface area contributed by atoms with Crippen molar-refractivity contribution >= 4 is 33.0 Å². The number of nitrogens with one attached hydrogen (secondary N) is 2. The molecule has 1 saturated heterocycles. The zero-order valence-corrected chi connectivity index (χ0v) is 16.0. The lowest BCUT2D eigenvalue weighted by Crippen LogP contribution is -2.37. The number of hydrogen-bond acceptors (Lipinski definition) is 4. The Hall–Kier alpha value is -1.38. The number of nitrogens with zero attached hydrogens (tertiary/aromatic N) is 1. The summed E-state index contributed by atoms with van der Waals surface area (Å²) >= 11 is 5.25. The van der Waals surface area contributed by atoms with E-state index in [2.05, 4.69) is 10.6 Å². The van der Waals surface area contributed by atoms with Gasteiger partial charge in [-0.15, -0.1) is 0 Å². The smallest absolute Gasteiger partial charge is 0.245 e. The fourth-order valence-corrected chi connectivity index (χ4v) is 4.64. The van der Waals surface area contributed by atoms with Crippen LogP contribution in [0.2, 0.25) is 0 Å². The number of piperidine rings is 1. The van der Waals surface area contributed by atoms with E-state index in [0.717, 1.165) is 19.3 Å². The molecule has 1 aromatic rings. The van der Waals surface area contributed by atoms with Gasteiger partial charge in [0.2, 0.25) is 10.0 Å². The zero-order chi connectivity index (χ0) is 17.7. The van der Waals surface area contributed by atoms with Crippen LogP contribution in [-0.2, 0) is 10.0 Å². The average molecular weight is 372 g/mol. The van der Waals surface area contributed by atoms with Gasteiger partial charge in [0.25, 0.3) is 0 Å². The van der Waals surface area contributed by atoms with Gasteiger partial charge in [-0.2, -0.15) is 4.31 Å². The Labute approximate surface area is 149 Å². The third-order valence-electron chi connectivity index (χ3n) is 3.79. The fourth-order valence-electron chi connectivity index (χ4n) is 2.61. The summed E-state index contributed by atoms with van der Waals surface area (Å²) in [6.45, 7) is 5.03. The maximum Gasteiger partial charge on any atom is 0.245 e. The Morgan fingerprint density at radius 3 is 2.50 bits per heavy atom. The van der Waals surface area contributed by atoms with Gasteiger partial charge in [0.15, 0.2) is 5.11 Å². The monoisotopic (exact) mass is 371 g/mol. The number of thiocarbonyl (C=S) groups is 1. The average Bonchev–Trinajstić information content (AvgIpc) is 2.55. The summed E-state index contributed by atoms with van der Waals surface area (Å²) in [6, 6.07) is 5.11. The van der Waals surface area contributed by atoms with Crippen molar-refractivity contribution in [3.8, 4) is 5.75 Å². The van der Waals surface area contributed by atoms with E-state index in [-0.39, 0.29) is 10.9 Å². The van der Waals surface area contributed by atoms with Crippen molar-refractivity contribution in [2.75, 3.05) is 25.5 Å². The van der Waals surface area contributed by atoms with Gasteiger partial charge in [-0.25, -0.2) is 8.42 Å². The van der Waals surface area contributed by atoms with Gasteiger partial charge in [-0.05, 0) is 51.0 Å². The first-order valence-corrected chi connectivity index (χ1v) is 9.95. The first-order chi connectivity index (χ1) is 11.3. The molecule has 1 heterocycles. The molecule has 0 bridgehead atoms. The van der Waals surface area contributed by atoms with Crippen LogP contribution in [-0.4, -0.2) is 44.1 Å². The number of ether oxygens (including phenoxy) is 1. The number of sulfonamides is 1. The quantitative estimate of drug-likeness (QED) is 0.775. The normalized spacial score (nSPS) is 16.0. The standard InChI is InChI=1S/C16H25N3O3S2/c1-12(2)17-16(23)18-14-8-7-13(22-3)11-15(14)24(20,21)19-9-5-4-6-10-19/h7-8,11-12H,4-6,9-10H2,1-3H3,(H2,17,18,23). The van der Waals surface area contributed by atoms with Gasteiger partial charge in [0.05, 0.1) is 12.8 Å². The Balaban J connectivity index is 2.36. The SMILES string of the molecule is COc1ccc(NC(=S)NC(C)C)c(S(=O)(=O)N2CCCCC2)c1. The van der Waals surface area contributed by atoms with E-state index in [9.17, 15) is 8.42 Å². The van der Waals surface area contributed by atoms with Crippen molar-refractivity contribution < 1.29 is 13.2 Å². The van der Waals surface area contributed by atoms with Crippen LogP contribution in [0, 0.1) is 0 Å². The summed E-state index contributed by atoms with van der Waals surface area (Å²) < 4.78 is 32.8. The van der Waals surface area contributed by atoms with Gasteiger partial charge in [-0.1, -0.05) is 6.42 Å². The van der Waals surface area contributed by atoms with Crippen LogP contribution in [0.4, 0.5) is 5.69 Å². The topological polar surface area (TPSA) is 70.7 Å². The minimum absolute atomic E-state index is 0.158. The largest absolute Gasteiger partial charge is 0.497 e. The molecule has 1 fully saturated rings. The highest BCUT2D eigenvalue weighted by Crippen LogP contribution is 2.30. The first-order valence-electron chi connectivity index (χ1n) is 8.10. The van der Waals surface area contributed by atoms with Crippen LogP contribution in [0.25, 0.3) is 0 Å². The summed E-state index contributed by atoms with van der Waals surface area (Å²) in [6.07, 6.45) is 2.84. The van der Waals surface area contributed by atoms with Crippen molar-refractivity contribution in [2.24, 2.45) is 0 Å². The summed E-state index contributed by atoms with van der Waals surface area (Å²) in [5.41, 5.74) is 0.458. The first kappa shape index (κ1) is 19.0. The van der Waals surface area contributed by atoms with Gasteiger partial charge in [0, 0.05) is 25.2 Å². The van der Waals surface area contributed by atoms with Crippen molar-refractivity contribution in [1.82, 2.24) is 9.62 Å². The van der Waals surface area contributed by atoms with Crippen molar-refractivity contribution in [2.45, 2.75) is 44.0 Å². The minimum atomic E-state index is -3.60. The number of rotatable bonds is 5. The second kappa shape index (κ2) is 8.13. The van der Waals surface area contributed by atoms with E-state index in [4.69, 9.17) is 17.0 Å². The minimum Gasteiger partial charge on any atom is -0.497 e. The maximum atomic E-state index is 13.0. The van der Waals surface area contributed by atoms with Crippen LogP contribution in [0.15, 0.2) is 23.1 Å². The van der Waals surface area contributed by atoms with E-state index in [1.54, 1.807) is 18.2 Å². The number of anilines is 1. The zero-order valence-electron chi connectivity index (χ0n) is 14.3. The van der Waals surface area contributed by atoms with E-state index >= 15 is 0 Å². The molecule has 0 amide bonds. The van der Waals surface area contributed by atoms with E-state index in [1.807, 2.05) is 13.8 Å². The molecule has 1 aromatic carbocycles. The lowest BCUT2D eigenvalue weighted by Gasteiger charge is -2.27. The van der Waals surface area contributed by atoms with Gasteiger partial charge in [-0.3, -0.25) is 0 Å². The highest BCUT2D eigenvalue weighted by Gasteiger charge is 2.29. The molecule has 6 nitrogen and oxygen atoms in total. The Kier molecular flexibility index (Phi) is 6.42. The van der Waals surface area contributed by atoms with E-state index < -0.39 is 10.0 Å². The number of methoxy groups -OCH3 is 1. The molecule has 0 spiro atoms. The number of hydrogen-bond donors (Lipinski definition) is 2. The van der Waals surface area contributed by atoms with Crippen LogP contribution in [0.1, 0.15) is 33.1 Å². The number of benzene rings is 1. The van der Waals surface area contributed by atoms with Crippen molar-refractivity contribution in [3.63, 3.8) is 0 Å². The Bertz CT molecular complexity index is 684. The summed E-state index contributed by atoms with van der Waals surface area (Å²) in [5, 5.41) is 6.45. The van der Waals surface area contributed by atoms with E-state index in [1.165, 1.54) is 11.4 Å². The third-order valence-corrected chi connectivity index (χ3v) is 5.95. The molecule has 134 valence electrons. The molecular formula is C16H25N3O3S2. The highest BCUT2D eigenvalue weighted by atomic mass is 32.2. The molecule has 1 aliphatic heterocycles. The van der Waals surface area contributed by atoms with Crippen LogP contribution in [0.5, 0.6) is 5.75 Å². The third kappa shape index (κ3) is 4.58. The molecule has 1 aliphatic rings. The molecular weight excluding hydrogens is 346 g/mol. The Morgan fingerprint density at radius 1 is 1.25 bits per heavy atom. The summed E-state index contributed by atoms with van der Waals surface area (Å²) in [5.74, 6) is 0.499. The summed E-state index contributed by atoms with van der Waals surface area (Å²) in [7, 11) is -2.08. The summed E-state index contributed by atoms with van der Waals surface area (Å²) in [4.78, 5) is 0.191. The Morgan fingerprint density at radius 2 is 1.92 bits per heavy atom. The maximum absolute atomic E-state index is 13.0. The van der Waals surface area contributed by atoms with Gasteiger partial charge in [0.1, 0.15) is 10.6 Å². The van der Waals surface area contributed by atoms with Crippen molar-refractivity contribution in [3.05, 3.63) is 18.2 Å². The predicted molar refractivity (Wildman–Crippen MR) is 100 cm³/mol. The molecule has 0 atom stereocenters. The van der Waals surface area contributed by atoms with Crippen LogP contribution >= 0.6 is 12.2 Å². The molecule has 0 saturated carbocycles. The molecule has 0 aromatic heterocycles. The molecule has 8 heteroatoms. The van der Waals surface area contributed by atoms with Crippen molar-refractivity contribution in [1.29, 1.82) is 0 Å². The van der Waals surface area contributed by atoms with Crippen LogP contribution < -0.4 is 15.4 Å². The predicted octanol–water partition coefficient (Wildman–Crippen LogP) is 2.56. The lowest BCUT2D eigenvalue weighted by molar-refractivity contribution is 0.346. The van der Waals surface area contributed by atoms with Crippen LogP contribution in [0.3, 0.4) is 0 Å². The van der Waals surface area contributed by atoms with E-state index in [0.29, 0.717) is 29.6 Å². The molecule has 2 N–H and O–H groups in total. The van der Waals surface area contributed by atoms with Gasteiger partial charge >= 0.3 is 0 Å². The molecule has 0 unspecified atom stereocenters. The molecule has 0 aliphatic carbocycles. The van der Waals surface area contributed by atoms with Gasteiger partial charge < -0.3 is 15.4 Å². The second-order valence-electron chi connectivity index (χ2n) is 6.08. The highest BCUT2D eigenvalue weighted by molar-refractivity contribution is 7.89. The molecule has 0 radical (unpaired) electrons. The fraction of sp³-hybridized carbons (Fsp3) is 0.562. The molecule has 24 heavy (non-hydrogen) atoms. The lowest BCUT2D eigenvalue weighted by atomic mass is 10.2. The molecule has 2 rings (SSSR count). The second-order valence-corrected chi connectivity index (χ2v) is 8.39.